The highest BCUT2D eigenvalue weighted by molar-refractivity contribution is 6.74. The van der Waals surface area contributed by atoms with Crippen LogP contribution in [0, 0.1) is 11.8 Å². The quantitative estimate of drug-likeness (QED) is 0.756. The van der Waals surface area contributed by atoms with Crippen molar-refractivity contribution in [1.29, 1.82) is 0 Å². The van der Waals surface area contributed by atoms with Gasteiger partial charge in [0.1, 0.15) is 5.78 Å². The summed E-state index contributed by atoms with van der Waals surface area (Å²) in [7, 11) is -1.77. The van der Waals surface area contributed by atoms with Crippen LogP contribution in [0.5, 0.6) is 0 Å². The highest BCUT2D eigenvalue weighted by Gasteiger charge is 2.38. The third kappa shape index (κ3) is 4.82. The number of ketones is 1. The molecule has 0 aromatic carbocycles. The van der Waals surface area contributed by atoms with E-state index in [1.54, 1.807) is 6.92 Å². The van der Waals surface area contributed by atoms with Crippen molar-refractivity contribution in [2.45, 2.75) is 65.8 Å². The van der Waals surface area contributed by atoms with Gasteiger partial charge < -0.3 is 9.53 Å². The minimum absolute atomic E-state index is 0.0157. The molecule has 108 valence electrons. The Morgan fingerprint density at radius 1 is 1.28 bits per heavy atom. The van der Waals surface area contributed by atoms with Crippen LogP contribution in [0.2, 0.25) is 18.1 Å². The molecule has 0 aliphatic heterocycles. The molecule has 0 aliphatic rings. The van der Waals surface area contributed by atoms with Gasteiger partial charge in [0.25, 0.3) is 0 Å². The van der Waals surface area contributed by atoms with Crippen molar-refractivity contribution in [2.24, 2.45) is 11.8 Å². The van der Waals surface area contributed by atoms with Crippen molar-refractivity contribution in [3.05, 3.63) is 0 Å². The lowest BCUT2D eigenvalue weighted by Gasteiger charge is -2.37. The minimum atomic E-state index is -1.77. The van der Waals surface area contributed by atoms with Gasteiger partial charge >= 0.3 is 0 Å². The minimum Gasteiger partial charge on any atom is -0.416 e. The largest absolute Gasteiger partial charge is 0.416 e. The molecule has 0 spiro atoms. The summed E-state index contributed by atoms with van der Waals surface area (Å²) in [4.78, 5) is 11.3. The van der Waals surface area contributed by atoms with E-state index in [4.69, 9.17) is 4.43 Å². The van der Waals surface area contributed by atoms with Crippen LogP contribution < -0.4 is 0 Å². The third-order valence-electron chi connectivity index (χ3n) is 4.25. The maximum Gasteiger partial charge on any atom is 0.191 e. The molecule has 0 heterocycles. The molecule has 18 heavy (non-hydrogen) atoms. The molecule has 4 heteroatoms. The Kier molecular flexibility index (Phi) is 6.24. The summed E-state index contributed by atoms with van der Waals surface area (Å²) in [6.07, 6.45) is -0.618. The van der Waals surface area contributed by atoms with Crippen molar-refractivity contribution >= 4 is 14.1 Å². The van der Waals surface area contributed by atoms with Crippen LogP contribution in [0.4, 0.5) is 0 Å². The Hall–Kier alpha value is -0.193. The Morgan fingerprint density at radius 3 is 2.06 bits per heavy atom. The predicted octanol–water partition coefficient (Wildman–Crippen LogP) is 3.23. The molecule has 0 radical (unpaired) electrons. The second kappa shape index (κ2) is 6.31. The van der Waals surface area contributed by atoms with Gasteiger partial charge in [-0.3, -0.25) is 4.79 Å². The van der Waals surface area contributed by atoms with E-state index in [0.29, 0.717) is 6.61 Å². The number of rotatable bonds is 6. The predicted molar refractivity (Wildman–Crippen MR) is 78.2 cm³/mol. The molecular formula is C14H30O3Si. The number of carbonyl (C=O) groups is 1. The van der Waals surface area contributed by atoms with Crippen molar-refractivity contribution < 1.29 is 14.3 Å². The molecule has 0 bridgehead atoms. The summed E-state index contributed by atoms with van der Waals surface area (Å²) in [6, 6.07) is 0. The van der Waals surface area contributed by atoms with Crippen LogP contribution in [0.25, 0.3) is 0 Å². The van der Waals surface area contributed by atoms with Crippen molar-refractivity contribution in [1.82, 2.24) is 0 Å². The normalized spacial score (nSPS) is 18.3. The van der Waals surface area contributed by atoms with Crippen LogP contribution in [0.15, 0.2) is 0 Å². The standard InChI is InChI=1S/C14H30O3Si/c1-10(13(16)11(2)12(3)15)9-17-18(7,8)14(4,5)6/h10-11,13,16H,9H2,1-8H3/t10-,11-,13+/m1/s1. The van der Waals surface area contributed by atoms with Crippen LogP contribution in [0.1, 0.15) is 41.5 Å². The number of Topliss-reactive ketones (excluding diaryl/α,β-unsaturated/α-hetero) is 1. The van der Waals surface area contributed by atoms with Gasteiger partial charge in [-0.1, -0.05) is 34.6 Å². The molecule has 0 saturated carbocycles. The van der Waals surface area contributed by atoms with Gasteiger partial charge in [-0.05, 0) is 25.1 Å². The molecule has 0 rings (SSSR count). The van der Waals surface area contributed by atoms with E-state index in [-0.39, 0.29) is 22.7 Å². The smallest absolute Gasteiger partial charge is 0.191 e. The number of hydrogen-bond donors (Lipinski definition) is 1. The molecule has 1 N–H and O–H groups in total. The molecule has 0 unspecified atom stereocenters. The van der Waals surface area contributed by atoms with Crippen LogP contribution in [0.3, 0.4) is 0 Å². The molecule has 3 nitrogen and oxygen atoms in total. The van der Waals surface area contributed by atoms with E-state index in [9.17, 15) is 9.90 Å². The van der Waals surface area contributed by atoms with Gasteiger partial charge in [0.15, 0.2) is 8.32 Å². The lowest BCUT2D eigenvalue weighted by molar-refractivity contribution is -0.124. The molecule has 3 atom stereocenters. The zero-order valence-electron chi connectivity index (χ0n) is 13.2. The van der Waals surface area contributed by atoms with Gasteiger partial charge in [0.05, 0.1) is 6.10 Å². The van der Waals surface area contributed by atoms with Gasteiger partial charge in [-0.2, -0.15) is 0 Å². The highest BCUT2D eigenvalue weighted by atomic mass is 28.4. The number of aliphatic hydroxyl groups excluding tert-OH is 1. The summed E-state index contributed by atoms with van der Waals surface area (Å²) >= 11 is 0. The summed E-state index contributed by atoms with van der Waals surface area (Å²) < 4.78 is 6.07. The molecule has 0 aliphatic carbocycles. The van der Waals surface area contributed by atoms with Gasteiger partial charge in [-0.15, -0.1) is 0 Å². The van der Waals surface area contributed by atoms with Crippen molar-refractivity contribution in [3.63, 3.8) is 0 Å². The SMILES string of the molecule is CC(=O)[C@@H](C)[C@@H](O)[C@H](C)CO[Si](C)(C)C(C)(C)C. The lowest BCUT2D eigenvalue weighted by Crippen LogP contribution is -2.43. The maximum atomic E-state index is 11.3. The fourth-order valence-electron chi connectivity index (χ4n) is 1.39. The Balaban J connectivity index is 4.43. The Bertz CT molecular complexity index is 281. The van der Waals surface area contributed by atoms with E-state index in [1.807, 2.05) is 6.92 Å². The fourth-order valence-corrected chi connectivity index (χ4v) is 2.50. The fraction of sp³-hybridized carbons (Fsp3) is 0.929. The van der Waals surface area contributed by atoms with E-state index < -0.39 is 14.4 Å². The van der Waals surface area contributed by atoms with Crippen molar-refractivity contribution in [2.75, 3.05) is 6.61 Å². The maximum absolute atomic E-state index is 11.3. The van der Waals surface area contributed by atoms with E-state index in [0.717, 1.165) is 0 Å². The molecular weight excluding hydrogens is 244 g/mol. The molecule has 0 amide bonds. The van der Waals surface area contributed by atoms with E-state index in [2.05, 4.69) is 33.9 Å². The zero-order valence-corrected chi connectivity index (χ0v) is 14.2. The highest BCUT2D eigenvalue weighted by Crippen LogP contribution is 2.37. The topological polar surface area (TPSA) is 46.5 Å². The van der Waals surface area contributed by atoms with E-state index >= 15 is 0 Å². The van der Waals surface area contributed by atoms with E-state index in [1.165, 1.54) is 6.92 Å². The Labute approximate surface area is 113 Å². The number of hydrogen-bond acceptors (Lipinski definition) is 3. The monoisotopic (exact) mass is 274 g/mol. The number of aliphatic hydroxyl groups is 1. The summed E-state index contributed by atoms with van der Waals surface area (Å²) in [6.45, 7) is 16.7. The zero-order chi connectivity index (χ0) is 14.7. The summed E-state index contributed by atoms with van der Waals surface area (Å²) in [5.74, 6) is -0.303. The molecule has 0 fully saturated rings. The van der Waals surface area contributed by atoms with Crippen LogP contribution >= 0.6 is 0 Å². The third-order valence-corrected chi connectivity index (χ3v) is 8.75. The molecule has 0 aromatic rings. The first-order valence-corrected chi connectivity index (χ1v) is 9.63. The van der Waals surface area contributed by atoms with Gasteiger partial charge in [-0.25, -0.2) is 0 Å². The average Bonchev–Trinajstić information content (AvgIpc) is 2.22. The first-order chi connectivity index (χ1) is 7.90. The number of carbonyl (C=O) groups excluding carboxylic acids is 1. The average molecular weight is 274 g/mol. The van der Waals surface area contributed by atoms with Gasteiger partial charge in [0.2, 0.25) is 0 Å². The van der Waals surface area contributed by atoms with Crippen LogP contribution in [-0.4, -0.2) is 31.9 Å². The van der Waals surface area contributed by atoms with Crippen molar-refractivity contribution in [3.8, 4) is 0 Å². The summed E-state index contributed by atoms with van der Waals surface area (Å²) in [5.41, 5.74) is 0. The lowest BCUT2D eigenvalue weighted by atomic mass is 9.91. The molecule has 0 aromatic heterocycles. The molecule has 0 saturated heterocycles. The Morgan fingerprint density at radius 2 is 1.72 bits per heavy atom. The van der Waals surface area contributed by atoms with Gasteiger partial charge in [0, 0.05) is 18.4 Å². The first kappa shape index (κ1) is 17.8. The summed E-state index contributed by atoms with van der Waals surface area (Å²) in [5, 5.41) is 10.2. The van der Waals surface area contributed by atoms with Crippen LogP contribution in [-0.2, 0) is 9.22 Å². The second-order valence-corrected chi connectivity index (χ2v) is 11.7. The first-order valence-electron chi connectivity index (χ1n) is 6.72. The second-order valence-electron chi connectivity index (χ2n) is 6.94.